The van der Waals surface area contributed by atoms with Crippen molar-refractivity contribution < 1.29 is 9.59 Å². The molecule has 1 aliphatic carbocycles. The van der Waals surface area contributed by atoms with Crippen LogP contribution in [0.2, 0.25) is 0 Å². The molecule has 1 aromatic carbocycles. The molecule has 2 fully saturated rings. The molecule has 1 N–H and O–H groups in total. The van der Waals surface area contributed by atoms with E-state index in [0.717, 1.165) is 63.7 Å². The number of piperidine rings is 1. The lowest BCUT2D eigenvalue weighted by Crippen LogP contribution is -2.41. The summed E-state index contributed by atoms with van der Waals surface area (Å²) >= 11 is 0. The fraction of sp³-hybridized carbons (Fsp3) is 0.619. The molecule has 4 nitrogen and oxygen atoms in total. The predicted octanol–water partition coefficient (Wildman–Crippen LogP) is 4.01. The Balaban J connectivity index is 1.47. The summed E-state index contributed by atoms with van der Waals surface area (Å²) in [7, 11) is 0. The van der Waals surface area contributed by atoms with Crippen molar-refractivity contribution in [3.8, 4) is 0 Å². The summed E-state index contributed by atoms with van der Waals surface area (Å²) in [6.07, 6.45) is 7.87. The van der Waals surface area contributed by atoms with Crippen LogP contribution in [0.5, 0.6) is 0 Å². The van der Waals surface area contributed by atoms with Gasteiger partial charge in [-0.3, -0.25) is 9.59 Å². The second kappa shape index (κ2) is 8.50. The monoisotopic (exact) mass is 342 g/mol. The lowest BCUT2D eigenvalue weighted by atomic mass is 9.80. The van der Waals surface area contributed by atoms with E-state index >= 15 is 0 Å². The molecule has 1 heterocycles. The van der Waals surface area contributed by atoms with Gasteiger partial charge in [-0.25, -0.2) is 0 Å². The van der Waals surface area contributed by atoms with Crippen LogP contribution in [0.3, 0.4) is 0 Å². The summed E-state index contributed by atoms with van der Waals surface area (Å²) in [6, 6.07) is 8.07. The lowest BCUT2D eigenvalue weighted by Gasteiger charge is -2.33. The number of carbonyl (C=O) groups is 2. The summed E-state index contributed by atoms with van der Waals surface area (Å²) in [5.74, 6) is 0.601. The van der Waals surface area contributed by atoms with Gasteiger partial charge in [0, 0.05) is 30.6 Å². The first-order chi connectivity index (χ1) is 12.2. The Morgan fingerprint density at radius 1 is 0.960 bits per heavy atom. The predicted molar refractivity (Wildman–Crippen MR) is 100 cm³/mol. The molecule has 136 valence electrons. The van der Waals surface area contributed by atoms with Crippen LogP contribution >= 0.6 is 0 Å². The topological polar surface area (TPSA) is 49.4 Å². The highest BCUT2D eigenvalue weighted by Crippen LogP contribution is 2.31. The van der Waals surface area contributed by atoms with E-state index in [1.54, 1.807) is 0 Å². The number of nitrogens with zero attached hydrogens (tertiary/aromatic N) is 1. The molecular formula is C21H30N2O2. The highest BCUT2D eigenvalue weighted by molar-refractivity contribution is 5.92. The second-order valence-corrected chi connectivity index (χ2v) is 7.47. The van der Waals surface area contributed by atoms with Crippen molar-refractivity contribution in [1.82, 2.24) is 4.90 Å². The van der Waals surface area contributed by atoms with Crippen molar-refractivity contribution in [2.24, 2.45) is 11.8 Å². The molecule has 0 spiro atoms. The Morgan fingerprint density at radius 2 is 1.56 bits per heavy atom. The van der Waals surface area contributed by atoms with Crippen molar-refractivity contribution >= 4 is 17.5 Å². The molecule has 0 atom stereocenters. The van der Waals surface area contributed by atoms with E-state index in [1.807, 2.05) is 17.0 Å². The smallest absolute Gasteiger partial charge is 0.227 e. The van der Waals surface area contributed by atoms with Gasteiger partial charge in [0.15, 0.2) is 0 Å². The summed E-state index contributed by atoms with van der Waals surface area (Å²) in [4.78, 5) is 27.1. The zero-order valence-corrected chi connectivity index (χ0v) is 15.3. The van der Waals surface area contributed by atoms with E-state index in [9.17, 15) is 9.59 Å². The summed E-state index contributed by atoms with van der Waals surface area (Å²) in [5, 5.41) is 3.04. The Hall–Kier alpha value is -1.84. The quantitative estimate of drug-likeness (QED) is 0.899. The molecule has 0 radical (unpaired) electrons. The minimum absolute atomic E-state index is 0.0382. The number of amides is 2. The number of rotatable bonds is 4. The summed E-state index contributed by atoms with van der Waals surface area (Å²) in [5.41, 5.74) is 2.14. The van der Waals surface area contributed by atoms with E-state index in [0.29, 0.717) is 5.91 Å². The average Bonchev–Trinajstić information content (AvgIpc) is 2.69. The molecule has 2 amide bonds. The van der Waals surface area contributed by atoms with E-state index in [4.69, 9.17) is 0 Å². The fourth-order valence-corrected chi connectivity index (χ4v) is 4.04. The lowest BCUT2D eigenvalue weighted by molar-refractivity contribution is -0.138. The van der Waals surface area contributed by atoms with Crippen molar-refractivity contribution in [2.45, 2.75) is 58.3 Å². The van der Waals surface area contributed by atoms with Gasteiger partial charge in [0.05, 0.1) is 0 Å². The first-order valence-corrected chi connectivity index (χ1v) is 9.86. The molecule has 0 unspecified atom stereocenters. The number of carbonyl (C=O) groups excluding carboxylic acids is 2. The zero-order valence-electron chi connectivity index (χ0n) is 15.3. The third-order valence-corrected chi connectivity index (χ3v) is 5.74. The molecule has 1 saturated heterocycles. The van der Waals surface area contributed by atoms with E-state index < -0.39 is 0 Å². The molecule has 0 bridgehead atoms. The molecule has 3 rings (SSSR count). The minimum Gasteiger partial charge on any atom is -0.342 e. The Morgan fingerprint density at radius 3 is 2.16 bits per heavy atom. The standard InChI is InChI=1S/C21H30N2O2/c1-2-16-6-12-19(13-7-16)22-20(24)17-8-10-18(11-9-17)21(25)23-14-4-3-5-15-23/h6-7,12-13,17-18H,2-5,8-11,14-15H2,1H3,(H,22,24). The average molecular weight is 342 g/mol. The van der Waals surface area contributed by atoms with Gasteiger partial charge in [0.2, 0.25) is 11.8 Å². The zero-order chi connectivity index (χ0) is 17.6. The molecule has 0 aromatic heterocycles. The molecule has 4 heteroatoms. The minimum atomic E-state index is 0.0382. The third-order valence-electron chi connectivity index (χ3n) is 5.74. The number of nitrogens with one attached hydrogen (secondary N) is 1. The van der Waals surface area contributed by atoms with Gasteiger partial charge in [-0.15, -0.1) is 0 Å². The van der Waals surface area contributed by atoms with Crippen molar-refractivity contribution in [2.75, 3.05) is 18.4 Å². The number of likely N-dealkylation sites (tertiary alicyclic amines) is 1. The van der Waals surface area contributed by atoms with Crippen LogP contribution in [0.4, 0.5) is 5.69 Å². The van der Waals surface area contributed by atoms with Crippen LogP contribution in [0.25, 0.3) is 0 Å². The maximum Gasteiger partial charge on any atom is 0.227 e. The molecule has 2 aliphatic rings. The molecule has 1 saturated carbocycles. The summed E-state index contributed by atoms with van der Waals surface area (Å²) in [6.45, 7) is 3.97. The highest BCUT2D eigenvalue weighted by atomic mass is 16.2. The van der Waals surface area contributed by atoms with Gasteiger partial charge in [-0.05, 0) is 69.1 Å². The maximum absolute atomic E-state index is 12.6. The number of hydrogen-bond acceptors (Lipinski definition) is 2. The fourth-order valence-electron chi connectivity index (χ4n) is 4.04. The van der Waals surface area contributed by atoms with Gasteiger partial charge in [-0.2, -0.15) is 0 Å². The second-order valence-electron chi connectivity index (χ2n) is 7.47. The van der Waals surface area contributed by atoms with Gasteiger partial charge < -0.3 is 10.2 Å². The van der Waals surface area contributed by atoms with E-state index in [1.165, 1.54) is 12.0 Å². The van der Waals surface area contributed by atoms with Crippen LogP contribution in [0, 0.1) is 11.8 Å². The van der Waals surface area contributed by atoms with E-state index in [-0.39, 0.29) is 17.7 Å². The summed E-state index contributed by atoms with van der Waals surface area (Å²) < 4.78 is 0. The van der Waals surface area contributed by atoms with Crippen LogP contribution in [0.15, 0.2) is 24.3 Å². The van der Waals surface area contributed by atoms with Crippen LogP contribution < -0.4 is 5.32 Å². The van der Waals surface area contributed by atoms with Crippen molar-refractivity contribution in [1.29, 1.82) is 0 Å². The molecular weight excluding hydrogens is 312 g/mol. The van der Waals surface area contributed by atoms with Crippen LogP contribution in [-0.2, 0) is 16.0 Å². The first-order valence-electron chi connectivity index (χ1n) is 9.86. The number of benzene rings is 1. The van der Waals surface area contributed by atoms with Crippen LogP contribution in [-0.4, -0.2) is 29.8 Å². The van der Waals surface area contributed by atoms with Crippen molar-refractivity contribution in [3.63, 3.8) is 0 Å². The number of aryl methyl sites for hydroxylation is 1. The maximum atomic E-state index is 12.6. The van der Waals surface area contributed by atoms with Gasteiger partial charge in [-0.1, -0.05) is 19.1 Å². The number of hydrogen-bond donors (Lipinski definition) is 1. The van der Waals surface area contributed by atoms with Crippen LogP contribution in [0.1, 0.15) is 57.4 Å². The largest absolute Gasteiger partial charge is 0.342 e. The number of anilines is 1. The molecule has 1 aliphatic heterocycles. The first kappa shape index (κ1) is 18.0. The van der Waals surface area contributed by atoms with Crippen molar-refractivity contribution in [3.05, 3.63) is 29.8 Å². The Labute approximate surface area is 151 Å². The normalized spacial score (nSPS) is 24.0. The van der Waals surface area contributed by atoms with Gasteiger partial charge in [0.25, 0.3) is 0 Å². The molecule has 1 aromatic rings. The highest BCUT2D eigenvalue weighted by Gasteiger charge is 2.32. The SMILES string of the molecule is CCc1ccc(NC(=O)C2CCC(C(=O)N3CCCCC3)CC2)cc1. The van der Waals surface area contributed by atoms with E-state index in [2.05, 4.69) is 24.4 Å². The van der Waals surface area contributed by atoms with Gasteiger partial charge >= 0.3 is 0 Å². The third kappa shape index (κ3) is 4.62. The van der Waals surface area contributed by atoms with Gasteiger partial charge in [0.1, 0.15) is 0 Å². The Bertz CT molecular complexity index is 582. The Kier molecular flexibility index (Phi) is 6.11. The molecule has 25 heavy (non-hydrogen) atoms.